The minimum absolute atomic E-state index is 0.0906. The molecule has 0 aliphatic rings. The number of aliphatic hydroxyl groups is 1. The summed E-state index contributed by atoms with van der Waals surface area (Å²) in [6.45, 7) is -0.249. The van der Waals surface area contributed by atoms with Crippen molar-refractivity contribution in [2.45, 2.75) is 13.0 Å². The molecular formula is C16H15N3O5. The first kappa shape index (κ1) is 15.8. The van der Waals surface area contributed by atoms with Gasteiger partial charge in [-0.05, 0) is 18.2 Å². The average Bonchev–Trinajstić information content (AvgIpc) is 3.16. The maximum atomic E-state index is 12.3. The van der Waals surface area contributed by atoms with Gasteiger partial charge in [0.15, 0.2) is 5.69 Å². The highest BCUT2D eigenvalue weighted by atomic mass is 16.5. The van der Waals surface area contributed by atoms with E-state index in [1.54, 1.807) is 35.0 Å². The molecule has 0 fully saturated rings. The van der Waals surface area contributed by atoms with E-state index in [2.05, 4.69) is 10.5 Å². The quantitative estimate of drug-likeness (QED) is 0.631. The molecular weight excluding hydrogens is 314 g/mol. The van der Waals surface area contributed by atoms with Crippen molar-refractivity contribution in [3.8, 4) is 0 Å². The summed E-state index contributed by atoms with van der Waals surface area (Å²) in [5.41, 5.74) is 1.37. The SMILES string of the molecule is O=C(O)Cn1ccc2c(NC(=O)c3cc(CCO)on3)cccc21. The van der Waals surface area contributed by atoms with Gasteiger partial charge in [-0.15, -0.1) is 0 Å². The number of aromatic nitrogens is 2. The molecule has 0 saturated heterocycles. The Labute approximate surface area is 136 Å². The first-order valence-corrected chi connectivity index (χ1v) is 7.26. The van der Waals surface area contributed by atoms with Crippen LogP contribution in [0.1, 0.15) is 16.2 Å². The van der Waals surface area contributed by atoms with Gasteiger partial charge in [-0.2, -0.15) is 0 Å². The van der Waals surface area contributed by atoms with Crippen molar-refractivity contribution >= 4 is 28.5 Å². The van der Waals surface area contributed by atoms with E-state index in [1.165, 1.54) is 6.07 Å². The largest absolute Gasteiger partial charge is 0.480 e. The third-order valence-electron chi connectivity index (χ3n) is 3.52. The van der Waals surface area contributed by atoms with Crippen LogP contribution in [0.15, 0.2) is 41.1 Å². The fraction of sp³-hybridized carbons (Fsp3) is 0.188. The molecule has 0 bridgehead atoms. The monoisotopic (exact) mass is 329 g/mol. The van der Waals surface area contributed by atoms with Crippen LogP contribution in [0.4, 0.5) is 5.69 Å². The number of carboxylic acid groups (broad SMARTS) is 1. The Hall–Kier alpha value is -3.13. The number of hydrogen-bond donors (Lipinski definition) is 3. The number of carbonyl (C=O) groups excluding carboxylic acids is 1. The standard InChI is InChI=1S/C16H15N3O5/c20-7-5-10-8-13(18-24-10)16(23)17-12-2-1-3-14-11(12)4-6-19(14)9-15(21)22/h1-4,6,8,20H,5,7,9H2,(H,17,23)(H,21,22). The zero-order chi connectivity index (χ0) is 17.1. The normalized spacial score (nSPS) is 10.9. The van der Waals surface area contributed by atoms with Gasteiger partial charge in [-0.25, -0.2) is 0 Å². The number of nitrogens with zero attached hydrogens (tertiary/aromatic N) is 2. The molecule has 2 heterocycles. The maximum absolute atomic E-state index is 12.3. The molecule has 0 aliphatic heterocycles. The minimum Gasteiger partial charge on any atom is -0.480 e. The number of amides is 1. The topological polar surface area (TPSA) is 118 Å². The second kappa shape index (κ2) is 6.55. The molecule has 1 amide bonds. The molecule has 3 aromatic rings. The highest BCUT2D eigenvalue weighted by Gasteiger charge is 2.15. The summed E-state index contributed by atoms with van der Waals surface area (Å²) in [7, 11) is 0. The van der Waals surface area contributed by atoms with Gasteiger partial charge in [-0.1, -0.05) is 11.2 Å². The lowest BCUT2D eigenvalue weighted by Crippen LogP contribution is -2.12. The molecule has 0 radical (unpaired) electrons. The predicted octanol–water partition coefficient (Wildman–Crippen LogP) is 1.50. The Morgan fingerprint density at radius 1 is 1.29 bits per heavy atom. The van der Waals surface area contributed by atoms with E-state index in [1.807, 2.05) is 0 Å². The van der Waals surface area contributed by atoms with E-state index in [-0.39, 0.29) is 25.3 Å². The van der Waals surface area contributed by atoms with E-state index >= 15 is 0 Å². The zero-order valence-corrected chi connectivity index (χ0v) is 12.6. The van der Waals surface area contributed by atoms with Gasteiger partial charge in [0.1, 0.15) is 12.3 Å². The first-order chi connectivity index (χ1) is 11.6. The lowest BCUT2D eigenvalue weighted by molar-refractivity contribution is -0.137. The highest BCUT2D eigenvalue weighted by molar-refractivity contribution is 6.08. The summed E-state index contributed by atoms with van der Waals surface area (Å²) in [5.74, 6) is -0.962. The summed E-state index contributed by atoms with van der Waals surface area (Å²) >= 11 is 0. The second-order valence-electron chi connectivity index (χ2n) is 5.18. The number of hydrogen-bond acceptors (Lipinski definition) is 5. The van der Waals surface area contributed by atoms with Crippen molar-refractivity contribution in [3.63, 3.8) is 0 Å². The Balaban J connectivity index is 1.85. The number of benzene rings is 1. The fourth-order valence-corrected chi connectivity index (χ4v) is 2.45. The first-order valence-electron chi connectivity index (χ1n) is 7.26. The fourth-order valence-electron chi connectivity index (χ4n) is 2.45. The van der Waals surface area contributed by atoms with Crippen LogP contribution in [0.5, 0.6) is 0 Å². The van der Waals surface area contributed by atoms with Gasteiger partial charge in [0.2, 0.25) is 0 Å². The number of nitrogens with one attached hydrogen (secondary N) is 1. The van der Waals surface area contributed by atoms with Gasteiger partial charge >= 0.3 is 5.97 Å². The van der Waals surface area contributed by atoms with E-state index < -0.39 is 11.9 Å². The molecule has 3 rings (SSSR count). The van der Waals surface area contributed by atoms with Crippen molar-refractivity contribution < 1.29 is 24.3 Å². The second-order valence-corrected chi connectivity index (χ2v) is 5.18. The molecule has 2 aromatic heterocycles. The molecule has 8 nitrogen and oxygen atoms in total. The van der Waals surface area contributed by atoms with Crippen molar-refractivity contribution in [1.29, 1.82) is 0 Å². The predicted molar refractivity (Wildman–Crippen MR) is 84.8 cm³/mol. The lowest BCUT2D eigenvalue weighted by atomic mass is 10.2. The van der Waals surface area contributed by atoms with Crippen LogP contribution >= 0.6 is 0 Å². The smallest absolute Gasteiger partial charge is 0.323 e. The number of anilines is 1. The third kappa shape index (κ3) is 3.13. The summed E-state index contributed by atoms with van der Waals surface area (Å²) in [6, 6.07) is 8.45. The van der Waals surface area contributed by atoms with Crippen LogP contribution in [-0.4, -0.2) is 38.4 Å². The van der Waals surface area contributed by atoms with Crippen molar-refractivity contribution in [1.82, 2.24) is 9.72 Å². The minimum atomic E-state index is -0.944. The van der Waals surface area contributed by atoms with Crippen molar-refractivity contribution in [2.24, 2.45) is 0 Å². The highest BCUT2D eigenvalue weighted by Crippen LogP contribution is 2.25. The summed E-state index contributed by atoms with van der Waals surface area (Å²) in [6.07, 6.45) is 1.94. The van der Waals surface area contributed by atoms with Crippen molar-refractivity contribution in [3.05, 3.63) is 48.0 Å². The van der Waals surface area contributed by atoms with Crippen LogP contribution in [0.25, 0.3) is 10.9 Å². The molecule has 24 heavy (non-hydrogen) atoms. The zero-order valence-electron chi connectivity index (χ0n) is 12.6. The van der Waals surface area contributed by atoms with Crippen LogP contribution in [-0.2, 0) is 17.8 Å². The van der Waals surface area contributed by atoms with E-state index in [0.717, 1.165) is 5.39 Å². The molecule has 8 heteroatoms. The number of carbonyl (C=O) groups is 2. The number of rotatable bonds is 6. The number of aliphatic hydroxyl groups excluding tert-OH is 1. The Bertz CT molecular complexity index is 896. The lowest BCUT2D eigenvalue weighted by Gasteiger charge is -2.06. The summed E-state index contributed by atoms with van der Waals surface area (Å²) < 4.78 is 6.55. The number of aliphatic carboxylic acids is 1. The Kier molecular flexibility index (Phi) is 4.30. The van der Waals surface area contributed by atoms with Gasteiger partial charge in [0.05, 0.1) is 17.8 Å². The molecule has 0 spiro atoms. The summed E-state index contributed by atoms with van der Waals surface area (Å²) in [4.78, 5) is 23.1. The average molecular weight is 329 g/mol. The Morgan fingerprint density at radius 2 is 2.12 bits per heavy atom. The van der Waals surface area contributed by atoms with Gasteiger partial charge in [0.25, 0.3) is 5.91 Å². The third-order valence-corrected chi connectivity index (χ3v) is 3.52. The molecule has 0 unspecified atom stereocenters. The number of fused-ring (bicyclic) bond motifs is 1. The molecule has 1 aromatic carbocycles. The van der Waals surface area contributed by atoms with E-state index in [4.69, 9.17) is 14.7 Å². The maximum Gasteiger partial charge on any atom is 0.323 e. The molecule has 0 aliphatic carbocycles. The number of carboxylic acids is 1. The van der Waals surface area contributed by atoms with E-state index in [9.17, 15) is 9.59 Å². The summed E-state index contributed by atoms with van der Waals surface area (Å²) in [5, 5.41) is 24.9. The van der Waals surface area contributed by atoms with Crippen LogP contribution < -0.4 is 5.32 Å². The van der Waals surface area contributed by atoms with Crippen molar-refractivity contribution in [2.75, 3.05) is 11.9 Å². The molecule has 124 valence electrons. The molecule has 3 N–H and O–H groups in total. The molecule has 0 atom stereocenters. The van der Waals surface area contributed by atoms with Crippen LogP contribution in [0.3, 0.4) is 0 Å². The van der Waals surface area contributed by atoms with Crippen LogP contribution in [0.2, 0.25) is 0 Å². The van der Waals surface area contributed by atoms with Crippen LogP contribution in [0, 0.1) is 0 Å². The van der Waals surface area contributed by atoms with Gasteiger partial charge < -0.3 is 24.6 Å². The van der Waals surface area contributed by atoms with E-state index in [0.29, 0.717) is 17.0 Å². The van der Waals surface area contributed by atoms with Gasteiger partial charge in [0, 0.05) is 24.1 Å². The van der Waals surface area contributed by atoms with Gasteiger partial charge in [-0.3, -0.25) is 9.59 Å². The Morgan fingerprint density at radius 3 is 2.88 bits per heavy atom. The molecule has 0 saturated carbocycles.